The highest BCUT2D eigenvalue weighted by molar-refractivity contribution is 5.91. The second-order valence-electron chi connectivity index (χ2n) is 6.60. The first kappa shape index (κ1) is 19.4. The summed E-state index contributed by atoms with van der Waals surface area (Å²) < 4.78 is 5.87. The molecule has 1 unspecified atom stereocenters. The van der Waals surface area contributed by atoms with Crippen LogP contribution in [0.4, 0.5) is 5.82 Å². The molecule has 0 saturated heterocycles. The second-order valence-corrected chi connectivity index (χ2v) is 6.60. The molecule has 0 bridgehead atoms. The standard InChI is InChI=1S/C22H24N4O2/c1-15-5-4-6-17(13-15)14-28-19-9-7-18(8-10-19)16(2)24-21-12-11-20(25-26-21)22(27)23-3/h4-13,16H,14H2,1-3H3,(H,23,27)(H,24,26). The van der Waals surface area contributed by atoms with Crippen molar-refractivity contribution in [1.29, 1.82) is 0 Å². The highest BCUT2D eigenvalue weighted by Gasteiger charge is 2.09. The highest BCUT2D eigenvalue weighted by atomic mass is 16.5. The highest BCUT2D eigenvalue weighted by Crippen LogP contribution is 2.21. The van der Waals surface area contributed by atoms with Crippen molar-refractivity contribution in [3.8, 4) is 5.75 Å². The van der Waals surface area contributed by atoms with Gasteiger partial charge in [0.15, 0.2) is 5.69 Å². The molecule has 3 aromatic rings. The minimum absolute atomic E-state index is 0.0333. The third-order valence-electron chi connectivity index (χ3n) is 4.36. The number of rotatable bonds is 7. The molecule has 2 aromatic carbocycles. The number of hydrogen-bond acceptors (Lipinski definition) is 5. The van der Waals surface area contributed by atoms with Gasteiger partial charge in [0, 0.05) is 7.05 Å². The summed E-state index contributed by atoms with van der Waals surface area (Å²) >= 11 is 0. The zero-order valence-electron chi connectivity index (χ0n) is 16.3. The monoisotopic (exact) mass is 376 g/mol. The summed E-state index contributed by atoms with van der Waals surface area (Å²) in [5.74, 6) is 1.18. The molecule has 0 saturated carbocycles. The Morgan fingerprint density at radius 3 is 2.50 bits per heavy atom. The van der Waals surface area contributed by atoms with Gasteiger partial charge >= 0.3 is 0 Å². The van der Waals surface area contributed by atoms with Gasteiger partial charge in [-0.25, -0.2) is 0 Å². The molecule has 6 nitrogen and oxygen atoms in total. The molecule has 144 valence electrons. The topological polar surface area (TPSA) is 76.1 Å². The van der Waals surface area contributed by atoms with E-state index >= 15 is 0 Å². The van der Waals surface area contributed by atoms with Crippen molar-refractivity contribution in [2.45, 2.75) is 26.5 Å². The first-order valence-corrected chi connectivity index (χ1v) is 9.16. The number of nitrogens with zero attached hydrogens (tertiary/aromatic N) is 2. The number of aromatic nitrogens is 2. The van der Waals surface area contributed by atoms with E-state index in [0.29, 0.717) is 12.4 Å². The van der Waals surface area contributed by atoms with E-state index < -0.39 is 0 Å². The number of anilines is 1. The predicted molar refractivity (Wildman–Crippen MR) is 109 cm³/mol. The van der Waals surface area contributed by atoms with Crippen molar-refractivity contribution in [2.75, 3.05) is 12.4 Å². The molecule has 1 amide bonds. The smallest absolute Gasteiger partial charge is 0.271 e. The average Bonchev–Trinajstić information content (AvgIpc) is 2.72. The summed E-state index contributed by atoms with van der Waals surface area (Å²) in [6.07, 6.45) is 0. The van der Waals surface area contributed by atoms with Crippen LogP contribution in [0.15, 0.2) is 60.7 Å². The molecule has 0 aliphatic carbocycles. The lowest BCUT2D eigenvalue weighted by Crippen LogP contribution is -2.20. The average molecular weight is 376 g/mol. The van der Waals surface area contributed by atoms with Gasteiger partial charge in [-0.1, -0.05) is 42.0 Å². The fourth-order valence-electron chi connectivity index (χ4n) is 2.78. The van der Waals surface area contributed by atoms with Crippen LogP contribution in [0.2, 0.25) is 0 Å². The molecule has 0 aliphatic rings. The van der Waals surface area contributed by atoms with E-state index in [0.717, 1.165) is 16.9 Å². The van der Waals surface area contributed by atoms with Crippen LogP contribution in [0.5, 0.6) is 5.75 Å². The molecule has 0 spiro atoms. The van der Waals surface area contributed by atoms with Gasteiger partial charge < -0.3 is 15.4 Å². The molecule has 0 fully saturated rings. The maximum Gasteiger partial charge on any atom is 0.271 e. The Morgan fingerprint density at radius 2 is 1.86 bits per heavy atom. The summed E-state index contributed by atoms with van der Waals surface area (Å²) in [7, 11) is 1.56. The Balaban J connectivity index is 1.57. The number of hydrogen-bond donors (Lipinski definition) is 2. The van der Waals surface area contributed by atoms with E-state index in [1.54, 1.807) is 19.2 Å². The van der Waals surface area contributed by atoms with Crippen LogP contribution in [-0.2, 0) is 6.61 Å². The number of aryl methyl sites for hydroxylation is 1. The lowest BCUT2D eigenvalue weighted by Gasteiger charge is -2.15. The molecule has 3 rings (SSSR count). The van der Waals surface area contributed by atoms with Gasteiger partial charge in [-0.05, 0) is 49.2 Å². The molecule has 2 N–H and O–H groups in total. The molecular formula is C22H24N4O2. The number of benzene rings is 2. The lowest BCUT2D eigenvalue weighted by atomic mass is 10.1. The van der Waals surface area contributed by atoms with Gasteiger partial charge in [-0.15, -0.1) is 10.2 Å². The van der Waals surface area contributed by atoms with Crippen LogP contribution in [0.3, 0.4) is 0 Å². The van der Waals surface area contributed by atoms with Crippen LogP contribution in [-0.4, -0.2) is 23.2 Å². The third kappa shape index (κ3) is 5.07. The Kier molecular flexibility index (Phi) is 6.22. The van der Waals surface area contributed by atoms with E-state index in [2.05, 4.69) is 46.0 Å². The second kappa shape index (κ2) is 8.99. The van der Waals surface area contributed by atoms with E-state index in [1.165, 1.54) is 5.56 Å². The summed E-state index contributed by atoms with van der Waals surface area (Å²) in [5.41, 5.74) is 3.76. The number of carbonyl (C=O) groups excluding carboxylic acids is 1. The maximum atomic E-state index is 11.5. The van der Waals surface area contributed by atoms with Gasteiger partial charge in [-0.2, -0.15) is 0 Å². The minimum atomic E-state index is -0.256. The molecule has 0 radical (unpaired) electrons. The van der Waals surface area contributed by atoms with E-state index in [-0.39, 0.29) is 17.6 Å². The Morgan fingerprint density at radius 1 is 1.07 bits per heavy atom. The van der Waals surface area contributed by atoms with Crippen LogP contribution >= 0.6 is 0 Å². The first-order valence-electron chi connectivity index (χ1n) is 9.16. The number of ether oxygens (including phenoxy) is 1. The third-order valence-corrected chi connectivity index (χ3v) is 4.36. The Hall–Kier alpha value is -3.41. The van der Waals surface area contributed by atoms with Crippen molar-refractivity contribution in [3.05, 3.63) is 83.0 Å². The maximum absolute atomic E-state index is 11.5. The van der Waals surface area contributed by atoms with Crippen molar-refractivity contribution in [1.82, 2.24) is 15.5 Å². The summed E-state index contributed by atoms with van der Waals surface area (Å²) in [6.45, 7) is 4.65. The molecule has 0 aliphatic heterocycles. The quantitative estimate of drug-likeness (QED) is 0.654. The molecule has 28 heavy (non-hydrogen) atoms. The fourth-order valence-corrected chi connectivity index (χ4v) is 2.78. The van der Waals surface area contributed by atoms with Crippen LogP contribution < -0.4 is 15.4 Å². The number of carbonyl (C=O) groups is 1. The lowest BCUT2D eigenvalue weighted by molar-refractivity contribution is 0.0957. The molecule has 1 atom stereocenters. The van der Waals surface area contributed by atoms with Crippen LogP contribution in [0, 0.1) is 6.92 Å². The predicted octanol–water partition coefficient (Wildman–Crippen LogP) is 3.90. The van der Waals surface area contributed by atoms with Crippen molar-refractivity contribution < 1.29 is 9.53 Å². The van der Waals surface area contributed by atoms with Gasteiger partial charge in [0.1, 0.15) is 18.2 Å². The van der Waals surface area contributed by atoms with Crippen molar-refractivity contribution in [3.63, 3.8) is 0 Å². The molecule has 1 heterocycles. The normalized spacial score (nSPS) is 11.5. The van der Waals surface area contributed by atoms with E-state index in [9.17, 15) is 4.79 Å². The Labute approximate surface area is 165 Å². The van der Waals surface area contributed by atoms with Gasteiger partial charge in [-0.3, -0.25) is 4.79 Å². The number of amides is 1. The molecular weight excluding hydrogens is 352 g/mol. The molecule has 1 aromatic heterocycles. The zero-order chi connectivity index (χ0) is 19.9. The number of nitrogens with one attached hydrogen (secondary N) is 2. The fraction of sp³-hybridized carbons (Fsp3) is 0.227. The van der Waals surface area contributed by atoms with E-state index in [1.807, 2.05) is 37.3 Å². The van der Waals surface area contributed by atoms with E-state index in [4.69, 9.17) is 4.74 Å². The SMILES string of the molecule is CNC(=O)c1ccc(NC(C)c2ccc(OCc3cccc(C)c3)cc2)nn1. The minimum Gasteiger partial charge on any atom is -0.489 e. The van der Waals surface area contributed by atoms with Crippen molar-refractivity contribution in [2.24, 2.45) is 0 Å². The summed E-state index contributed by atoms with van der Waals surface area (Å²) in [6, 6.07) is 19.7. The molecule has 6 heteroatoms. The summed E-state index contributed by atoms with van der Waals surface area (Å²) in [5, 5.41) is 13.8. The van der Waals surface area contributed by atoms with Gasteiger partial charge in [0.25, 0.3) is 5.91 Å². The van der Waals surface area contributed by atoms with Gasteiger partial charge in [0.05, 0.1) is 6.04 Å². The van der Waals surface area contributed by atoms with Gasteiger partial charge in [0.2, 0.25) is 0 Å². The summed E-state index contributed by atoms with van der Waals surface area (Å²) in [4.78, 5) is 11.5. The van der Waals surface area contributed by atoms with Crippen molar-refractivity contribution >= 4 is 11.7 Å². The zero-order valence-corrected chi connectivity index (χ0v) is 16.3. The first-order chi connectivity index (χ1) is 13.5. The Bertz CT molecular complexity index is 924. The largest absolute Gasteiger partial charge is 0.489 e. The van der Waals surface area contributed by atoms with Crippen LogP contribution in [0.25, 0.3) is 0 Å². The van der Waals surface area contributed by atoms with Crippen LogP contribution in [0.1, 0.15) is 40.1 Å².